The summed E-state index contributed by atoms with van der Waals surface area (Å²) in [7, 11) is 1.56. The maximum atomic E-state index is 13.1. The Bertz CT molecular complexity index is 1300. The minimum absolute atomic E-state index is 0.0586. The predicted molar refractivity (Wildman–Crippen MR) is 130 cm³/mol. The van der Waals surface area contributed by atoms with Crippen molar-refractivity contribution in [2.45, 2.75) is 19.8 Å². The van der Waals surface area contributed by atoms with Gasteiger partial charge in [0.15, 0.2) is 0 Å². The molecule has 8 nitrogen and oxygen atoms in total. The van der Waals surface area contributed by atoms with Crippen molar-refractivity contribution in [3.05, 3.63) is 60.2 Å². The van der Waals surface area contributed by atoms with E-state index in [4.69, 9.17) is 9.47 Å². The molecule has 2 aliphatic heterocycles. The first kappa shape index (κ1) is 22.5. The van der Waals surface area contributed by atoms with Crippen molar-refractivity contribution < 1.29 is 28.7 Å². The van der Waals surface area contributed by atoms with Crippen molar-refractivity contribution >= 4 is 35.1 Å². The Hall–Kier alpha value is -3.94. The first-order valence-corrected chi connectivity index (χ1v) is 12.2. The van der Waals surface area contributed by atoms with E-state index >= 15 is 0 Å². The second-order valence-corrected chi connectivity index (χ2v) is 9.99. The third-order valence-electron chi connectivity index (χ3n) is 7.92. The fraction of sp³-hybridized carbons (Fsp3) is 0.357. The average Bonchev–Trinajstić information content (AvgIpc) is 3.63. The minimum atomic E-state index is -0.604. The highest BCUT2D eigenvalue weighted by atomic mass is 16.5. The number of hydrogen-bond donors (Lipinski definition) is 0. The molecule has 2 saturated heterocycles. The van der Waals surface area contributed by atoms with Crippen LogP contribution in [0.5, 0.6) is 11.5 Å². The molecule has 184 valence electrons. The van der Waals surface area contributed by atoms with Crippen LogP contribution in [0, 0.1) is 36.5 Å². The Morgan fingerprint density at radius 3 is 2.33 bits per heavy atom. The smallest absolute Gasteiger partial charge is 0.316 e. The second kappa shape index (κ2) is 8.33. The van der Waals surface area contributed by atoms with Crippen molar-refractivity contribution in [3.8, 4) is 11.5 Å². The van der Waals surface area contributed by atoms with E-state index in [-0.39, 0.29) is 54.4 Å². The number of allylic oxidation sites excluding steroid dienone is 2. The molecule has 3 amide bonds. The van der Waals surface area contributed by atoms with Crippen LogP contribution in [0.15, 0.2) is 54.6 Å². The van der Waals surface area contributed by atoms with Gasteiger partial charge in [-0.1, -0.05) is 18.2 Å². The number of hydrogen-bond acceptors (Lipinski definition) is 6. The largest absolute Gasteiger partial charge is 0.497 e. The number of imide groups is 1. The SMILES string of the molecule is COc1cccc(N2C[C@@H](C(=O)Oc3ccc(N4C(=O)[C@@H]5[C@H](C4=O)[C@H]4C=C[C@H]5C4)c(C)c3)CC2=O)c1. The van der Waals surface area contributed by atoms with Crippen molar-refractivity contribution in [2.24, 2.45) is 29.6 Å². The number of rotatable bonds is 5. The molecular weight excluding hydrogens is 460 g/mol. The zero-order chi connectivity index (χ0) is 25.1. The molecule has 36 heavy (non-hydrogen) atoms. The summed E-state index contributed by atoms with van der Waals surface area (Å²) in [6.07, 6.45) is 5.08. The van der Waals surface area contributed by atoms with E-state index in [2.05, 4.69) is 12.2 Å². The number of benzene rings is 2. The summed E-state index contributed by atoms with van der Waals surface area (Å²) >= 11 is 0. The number of nitrogens with zero attached hydrogens (tertiary/aromatic N) is 2. The number of ether oxygens (including phenoxy) is 2. The molecule has 0 radical (unpaired) electrons. The molecule has 3 fully saturated rings. The van der Waals surface area contributed by atoms with Gasteiger partial charge in [-0.3, -0.25) is 19.2 Å². The minimum Gasteiger partial charge on any atom is -0.497 e. The molecule has 2 bridgehead atoms. The fourth-order valence-electron chi connectivity index (χ4n) is 6.17. The van der Waals surface area contributed by atoms with Gasteiger partial charge in [0, 0.05) is 24.7 Å². The first-order valence-electron chi connectivity index (χ1n) is 12.2. The van der Waals surface area contributed by atoms with E-state index < -0.39 is 11.9 Å². The van der Waals surface area contributed by atoms with Gasteiger partial charge in [-0.15, -0.1) is 0 Å². The van der Waals surface area contributed by atoms with E-state index in [0.29, 0.717) is 28.4 Å². The third kappa shape index (κ3) is 3.43. The van der Waals surface area contributed by atoms with Crippen LogP contribution in [-0.2, 0) is 19.2 Å². The van der Waals surface area contributed by atoms with Crippen molar-refractivity contribution in [1.29, 1.82) is 0 Å². The number of carbonyl (C=O) groups is 4. The summed E-state index contributed by atoms with van der Waals surface area (Å²) < 4.78 is 10.8. The molecule has 1 saturated carbocycles. The second-order valence-electron chi connectivity index (χ2n) is 9.99. The van der Waals surface area contributed by atoms with E-state index in [0.717, 1.165) is 6.42 Å². The summed E-state index contributed by atoms with van der Waals surface area (Å²) in [5.74, 6) is -0.836. The summed E-state index contributed by atoms with van der Waals surface area (Å²) in [5.41, 5.74) is 1.87. The van der Waals surface area contributed by atoms with Gasteiger partial charge < -0.3 is 14.4 Å². The molecule has 4 aliphatic rings. The predicted octanol–water partition coefficient (Wildman–Crippen LogP) is 3.27. The van der Waals surface area contributed by atoms with Crippen LogP contribution in [0.25, 0.3) is 0 Å². The molecular formula is C28H26N2O6. The number of amides is 3. The number of methoxy groups -OCH3 is 1. The summed E-state index contributed by atoms with van der Waals surface area (Å²) in [5, 5.41) is 0. The Morgan fingerprint density at radius 2 is 1.67 bits per heavy atom. The molecule has 8 heteroatoms. The zero-order valence-corrected chi connectivity index (χ0v) is 20.0. The van der Waals surface area contributed by atoms with Crippen LogP contribution >= 0.6 is 0 Å². The normalized spacial score (nSPS) is 28.3. The van der Waals surface area contributed by atoms with Crippen LogP contribution in [0.1, 0.15) is 18.4 Å². The van der Waals surface area contributed by atoms with Crippen molar-refractivity contribution in [1.82, 2.24) is 0 Å². The Kier molecular flexibility index (Phi) is 5.21. The lowest BCUT2D eigenvalue weighted by atomic mass is 9.85. The lowest BCUT2D eigenvalue weighted by Gasteiger charge is -2.20. The van der Waals surface area contributed by atoms with Gasteiger partial charge in [0.05, 0.1) is 30.6 Å². The van der Waals surface area contributed by atoms with Gasteiger partial charge in [-0.25, -0.2) is 4.90 Å². The molecule has 2 aromatic carbocycles. The lowest BCUT2D eigenvalue weighted by molar-refractivity contribution is -0.139. The van der Waals surface area contributed by atoms with Gasteiger partial charge in [-0.2, -0.15) is 0 Å². The van der Waals surface area contributed by atoms with Gasteiger partial charge in [0.25, 0.3) is 0 Å². The maximum absolute atomic E-state index is 13.1. The Balaban J connectivity index is 1.15. The molecule has 2 aromatic rings. The van der Waals surface area contributed by atoms with Gasteiger partial charge >= 0.3 is 5.97 Å². The van der Waals surface area contributed by atoms with Crippen LogP contribution in [0.2, 0.25) is 0 Å². The number of aryl methyl sites for hydroxylation is 1. The molecule has 6 rings (SSSR count). The van der Waals surface area contributed by atoms with Crippen molar-refractivity contribution in [3.63, 3.8) is 0 Å². The van der Waals surface area contributed by atoms with E-state index in [9.17, 15) is 19.2 Å². The molecule has 0 aromatic heterocycles. The highest BCUT2D eigenvalue weighted by molar-refractivity contribution is 6.23. The maximum Gasteiger partial charge on any atom is 0.316 e. The van der Waals surface area contributed by atoms with Gasteiger partial charge in [0.1, 0.15) is 11.5 Å². The Labute approximate surface area is 208 Å². The molecule has 2 aliphatic carbocycles. The standard InChI is InChI=1S/C28H26N2O6/c1-15-10-21(8-9-22(15)30-26(32)24-16-6-7-17(11-16)25(24)27(30)33)36-28(34)18-12-23(31)29(14-18)19-4-3-5-20(13-19)35-2/h3-10,13,16-18,24-25H,11-12,14H2,1-2H3/t16-,17-,18-,24-,25+/m0/s1. The number of esters is 1. The first-order chi connectivity index (χ1) is 17.4. The molecule has 2 heterocycles. The van der Waals surface area contributed by atoms with Crippen LogP contribution < -0.4 is 19.3 Å². The Morgan fingerprint density at radius 1 is 0.944 bits per heavy atom. The molecule has 0 unspecified atom stereocenters. The average molecular weight is 487 g/mol. The summed E-state index contributed by atoms with van der Waals surface area (Å²) in [4.78, 5) is 54.6. The quantitative estimate of drug-likeness (QED) is 0.279. The number of carbonyl (C=O) groups excluding carboxylic acids is 4. The van der Waals surface area contributed by atoms with E-state index in [1.165, 1.54) is 4.90 Å². The number of anilines is 2. The monoisotopic (exact) mass is 486 g/mol. The third-order valence-corrected chi connectivity index (χ3v) is 7.92. The molecule has 5 atom stereocenters. The van der Waals surface area contributed by atoms with E-state index in [1.54, 1.807) is 61.4 Å². The van der Waals surface area contributed by atoms with Gasteiger partial charge in [0.2, 0.25) is 17.7 Å². The topological polar surface area (TPSA) is 93.2 Å². The van der Waals surface area contributed by atoms with Gasteiger partial charge in [-0.05, 0) is 61.1 Å². The highest BCUT2D eigenvalue weighted by Gasteiger charge is 2.59. The van der Waals surface area contributed by atoms with E-state index in [1.807, 2.05) is 0 Å². The highest BCUT2D eigenvalue weighted by Crippen LogP contribution is 2.53. The van der Waals surface area contributed by atoms with Crippen molar-refractivity contribution in [2.75, 3.05) is 23.5 Å². The van der Waals surface area contributed by atoms with Crippen LogP contribution in [0.4, 0.5) is 11.4 Å². The zero-order valence-electron chi connectivity index (χ0n) is 20.0. The summed E-state index contributed by atoms with van der Waals surface area (Å²) in [6, 6.07) is 12.0. The van der Waals surface area contributed by atoms with Crippen LogP contribution in [0.3, 0.4) is 0 Å². The number of fused-ring (bicyclic) bond motifs is 5. The molecule has 0 spiro atoms. The summed E-state index contributed by atoms with van der Waals surface area (Å²) in [6.45, 7) is 2.01. The molecule has 0 N–H and O–H groups in total. The lowest BCUT2D eigenvalue weighted by Crippen LogP contribution is -2.33. The van der Waals surface area contributed by atoms with Crippen LogP contribution in [-0.4, -0.2) is 37.3 Å². The fourth-order valence-corrected chi connectivity index (χ4v) is 6.17.